The number of carbonyl (C=O) groups is 2. The van der Waals surface area contributed by atoms with Gasteiger partial charge in [-0.25, -0.2) is 18.1 Å². The lowest BCUT2D eigenvalue weighted by atomic mass is 9.81. The van der Waals surface area contributed by atoms with Crippen molar-refractivity contribution in [3.05, 3.63) is 72.2 Å². The molecule has 0 bridgehead atoms. The number of nitrogens with one attached hydrogen (secondary N) is 1. The fraction of sp³-hybridized carbons (Fsp3) is 0.474. The summed E-state index contributed by atoms with van der Waals surface area (Å²) in [6, 6.07) is 13.7. The van der Waals surface area contributed by atoms with Gasteiger partial charge in [0.2, 0.25) is 15.9 Å². The molecule has 2 aromatic heterocycles. The smallest absolute Gasteiger partial charge is 0.264 e. The quantitative estimate of drug-likeness (QED) is 0.230. The van der Waals surface area contributed by atoms with Crippen LogP contribution < -0.4 is 14.4 Å². The van der Waals surface area contributed by atoms with Gasteiger partial charge >= 0.3 is 0 Å². The third-order valence-electron chi connectivity index (χ3n) is 11.1. The maximum atomic E-state index is 14.4. The number of piperazine rings is 1. The van der Waals surface area contributed by atoms with E-state index in [4.69, 9.17) is 4.74 Å². The highest BCUT2D eigenvalue weighted by molar-refractivity contribution is 7.91. The number of hydrogen-bond acceptors (Lipinski definition) is 8. The monoisotopic (exact) mass is 696 g/mol. The number of amides is 2. The van der Waals surface area contributed by atoms with Gasteiger partial charge in [0.05, 0.1) is 29.7 Å². The van der Waals surface area contributed by atoms with E-state index in [1.54, 1.807) is 31.8 Å². The summed E-state index contributed by atoms with van der Waals surface area (Å²) in [6.07, 6.45) is 13.5. The number of anilines is 1. The highest BCUT2D eigenvalue weighted by Gasteiger charge is 2.53. The number of fused-ring (bicyclic) bond motifs is 1. The molecule has 1 N–H and O–H groups in total. The molecule has 0 radical (unpaired) electrons. The standard InChI is InChI=1S/C38H44N6O5S/c1-49-29-10-7-27(8-11-29)35-34(26-5-3-2-4-6-26)31-14-9-28(36(45)41-50(47,48)30-12-13-30)23-32(31)44(35)25-38(15-16-38)37(46)43-21-19-42(20-22-43)33-24-39-17-18-40-33/h7-11,14,17-18,23-24,26,30H,2-6,12-13,15-16,19-22,25H2,1H3,(H,41,45). The first kappa shape index (κ1) is 32.7. The van der Waals surface area contributed by atoms with E-state index < -0.39 is 26.6 Å². The fourth-order valence-corrected chi connectivity index (χ4v) is 9.32. The van der Waals surface area contributed by atoms with E-state index in [0.717, 1.165) is 72.3 Å². The molecule has 1 aliphatic heterocycles. The van der Waals surface area contributed by atoms with Crippen molar-refractivity contribution in [1.82, 2.24) is 24.2 Å². The Morgan fingerprint density at radius 2 is 1.68 bits per heavy atom. The predicted molar refractivity (Wildman–Crippen MR) is 192 cm³/mol. The van der Waals surface area contributed by atoms with Crippen molar-refractivity contribution in [2.75, 3.05) is 38.2 Å². The Bertz CT molecular complexity index is 2010. The normalized spacial score (nSPS) is 19.4. The van der Waals surface area contributed by atoms with Gasteiger partial charge in [-0.2, -0.15) is 0 Å². The number of aromatic nitrogens is 3. The molecule has 2 aromatic carbocycles. The van der Waals surface area contributed by atoms with Crippen molar-refractivity contribution in [2.24, 2.45) is 5.41 Å². The molecule has 8 rings (SSSR count). The van der Waals surface area contributed by atoms with E-state index in [2.05, 4.69) is 36.3 Å². The van der Waals surface area contributed by atoms with E-state index in [-0.39, 0.29) is 5.91 Å². The van der Waals surface area contributed by atoms with Crippen LogP contribution in [0.5, 0.6) is 5.75 Å². The molecule has 4 aliphatic rings. The van der Waals surface area contributed by atoms with Crippen molar-refractivity contribution in [3.63, 3.8) is 0 Å². The largest absolute Gasteiger partial charge is 0.497 e. The summed E-state index contributed by atoms with van der Waals surface area (Å²) in [6.45, 7) is 3.09. The van der Waals surface area contributed by atoms with E-state index >= 15 is 0 Å². The number of sulfonamides is 1. The Balaban J connectivity index is 1.19. The van der Waals surface area contributed by atoms with Gasteiger partial charge in [0.25, 0.3) is 5.91 Å². The maximum absolute atomic E-state index is 14.4. The number of hydrogen-bond donors (Lipinski definition) is 1. The Kier molecular flexibility index (Phi) is 8.53. The van der Waals surface area contributed by atoms with Gasteiger partial charge in [0, 0.05) is 61.6 Å². The molecule has 50 heavy (non-hydrogen) atoms. The predicted octanol–water partition coefficient (Wildman–Crippen LogP) is 5.51. The van der Waals surface area contributed by atoms with E-state index in [9.17, 15) is 18.0 Å². The number of ether oxygens (including phenoxy) is 1. The highest BCUT2D eigenvalue weighted by atomic mass is 32.2. The molecule has 12 heteroatoms. The van der Waals surface area contributed by atoms with Gasteiger partial charge in [-0.15, -0.1) is 0 Å². The van der Waals surface area contributed by atoms with Crippen LogP contribution in [0.2, 0.25) is 0 Å². The summed E-state index contributed by atoms with van der Waals surface area (Å²) in [5, 5.41) is 0.562. The van der Waals surface area contributed by atoms with Crippen LogP contribution in [0.3, 0.4) is 0 Å². The summed E-state index contributed by atoms with van der Waals surface area (Å²) >= 11 is 0. The molecule has 11 nitrogen and oxygen atoms in total. The molecule has 4 aromatic rings. The van der Waals surface area contributed by atoms with Crippen LogP contribution in [0.4, 0.5) is 5.82 Å². The molecule has 262 valence electrons. The molecule has 0 spiro atoms. The molecule has 0 atom stereocenters. The van der Waals surface area contributed by atoms with Crippen molar-refractivity contribution >= 4 is 38.6 Å². The van der Waals surface area contributed by atoms with Gasteiger partial charge in [-0.1, -0.05) is 25.3 Å². The highest BCUT2D eigenvalue weighted by Crippen LogP contribution is 2.52. The summed E-state index contributed by atoms with van der Waals surface area (Å²) in [5.41, 5.74) is 3.96. The lowest BCUT2D eigenvalue weighted by molar-refractivity contribution is -0.137. The average Bonchev–Trinajstić information content (AvgIpc) is 4.10. The van der Waals surface area contributed by atoms with Crippen LogP contribution in [0, 0.1) is 5.41 Å². The van der Waals surface area contributed by atoms with Crippen LogP contribution >= 0.6 is 0 Å². The summed E-state index contributed by atoms with van der Waals surface area (Å²) in [5.74, 6) is 1.47. The van der Waals surface area contributed by atoms with E-state index in [1.807, 2.05) is 29.2 Å². The zero-order valence-electron chi connectivity index (χ0n) is 28.5. The Hall–Kier alpha value is -4.45. The summed E-state index contributed by atoms with van der Waals surface area (Å²) in [7, 11) is -2.05. The molecule has 3 saturated carbocycles. The van der Waals surface area contributed by atoms with Crippen molar-refractivity contribution in [2.45, 2.75) is 75.5 Å². The maximum Gasteiger partial charge on any atom is 0.264 e. The molecule has 1 saturated heterocycles. The van der Waals surface area contributed by atoms with E-state index in [1.165, 1.54) is 12.0 Å². The number of carbonyl (C=O) groups excluding carboxylic acids is 2. The number of nitrogens with zero attached hydrogens (tertiary/aromatic N) is 5. The van der Waals surface area contributed by atoms with Gasteiger partial charge in [0.1, 0.15) is 11.6 Å². The Morgan fingerprint density at radius 1 is 0.940 bits per heavy atom. The average molecular weight is 697 g/mol. The first-order valence-corrected chi connectivity index (χ1v) is 19.5. The van der Waals surface area contributed by atoms with E-state index in [0.29, 0.717) is 57.0 Å². The summed E-state index contributed by atoms with van der Waals surface area (Å²) in [4.78, 5) is 40.7. The van der Waals surface area contributed by atoms with Gasteiger partial charge in [-0.3, -0.25) is 14.6 Å². The zero-order valence-corrected chi connectivity index (χ0v) is 29.3. The number of rotatable bonds is 10. The second kappa shape index (κ2) is 13.0. The van der Waals surface area contributed by atoms with Gasteiger partial charge in [0.15, 0.2) is 0 Å². The third-order valence-corrected chi connectivity index (χ3v) is 13.0. The Morgan fingerprint density at radius 3 is 2.32 bits per heavy atom. The first-order chi connectivity index (χ1) is 24.3. The van der Waals surface area contributed by atoms with Crippen LogP contribution in [-0.4, -0.2) is 78.2 Å². The lowest BCUT2D eigenvalue weighted by Crippen LogP contribution is -2.51. The van der Waals surface area contributed by atoms with Gasteiger partial charge in [-0.05, 0) is 92.0 Å². The van der Waals surface area contributed by atoms with Crippen LogP contribution in [0.15, 0.2) is 61.1 Å². The molecular weight excluding hydrogens is 653 g/mol. The van der Waals surface area contributed by atoms with Crippen molar-refractivity contribution in [3.8, 4) is 17.0 Å². The molecule has 3 aliphatic carbocycles. The second-order valence-corrected chi connectivity index (χ2v) is 16.4. The van der Waals surface area contributed by atoms with Gasteiger partial charge < -0.3 is 19.1 Å². The zero-order chi connectivity index (χ0) is 34.5. The minimum atomic E-state index is -3.71. The topological polar surface area (TPSA) is 127 Å². The molecule has 2 amide bonds. The summed E-state index contributed by atoms with van der Waals surface area (Å²) < 4.78 is 35.6. The molecule has 0 unspecified atom stereocenters. The second-order valence-electron chi connectivity index (χ2n) is 14.4. The SMILES string of the molecule is COc1ccc(-c2c(C3CCCCC3)c3ccc(C(=O)NS(=O)(=O)C4CC4)cc3n2CC2(C(=O)N3CCN(c4cnccn4)CC3)CC2)cc1. The van der Waals surface area contributed by atoms with Crippen molar-refractivity contribution in [1.29, 1.82) is 0 Å². The third kappa shape index (κ3) is 6.22. The first-order valence-electron chi connectivity index (χ1n) is 17.9. The van der Waals surface area contributed by atoms with Crippen LogP contribution in [0.1, 0.15) is 79.6 Å². The Labute approximate surface area is 293 Å². The number of benzene rings is 2. The van der Waals surface area contributed by atoms with Crippen LogP contribution in [-0.2, 0) is 21.4 Å². The van der Waals surface area contributed by atoms with Crippen molar-refractivity contribution < 1.29 is 22.7 Å². The molecular formula is C38H44N6O5S. The minimum absolute atomic E-state index is 0.169. The fourth-order valence-electron chi connectivity index (χ4n) is 8.02. The molecule has 3 heterocycles. The molecule has 4 fully saturated rings. The minimum Gasteiger partial charge on any atom is -0.497 e. The number of methoxy groups -OCH3 is 1. The lowest BCUT2D eigenvalue weighted by Gasteiger charge is -2.37. The van der Waals surface area contributed by atoms with Crippen LogP contribution in [0.25, 0.3) is 22.2 Å².